The Morgan fingerprint density at radius 2 is 2.00 bits per heavy atom. The second kappa shape index (κ2) is 3.81. The lowest BCUT2D eigenvalue weighted by Gasteiger charge is -2.05. The predicted molar refractivity (Wildman–Crippen MR) is 61.2 cm³/mol. The van der Waals surface area contributed by atoms with Crippen LogP contribution in [-0.2, 0) is 13.0 Å². The third-order valence-electron chi connectivity index (χ3n) is 2.66. The molecule has 0 radical (unpaired) electrons. The van der Waals surface area contributed by atoms with E-state index in [2.05, 4.69) is 43.3 Å². The quantitative estimate of drug-likeness (QED) is 0.765. The Morgan fingerprint density at radius 1 is 1.14 bits per heavy atom. The fraction of sp³-hybridized carbons (Fsp3) is 0.231. The molecule has 2 aromatic carbocycles. The third kappa shape index (κ3) is 1.51. The number of hydrogen-bond acceptors (Lipinski definition) is 1. The molecule has 0 aliphatic rings. The highest BCUT2D eigenvalue weighted by Gasteiger charge is 1.99. The standard InChI is InChI=1S/C13H15N/c1-2-10-6-7-13-11(8-10)4-3-5-12(13)9-14/h3-8H,2,9,14H2,1H3. The zero-order chi connectivity index (χ0) is 9.97. The Labute approximate surface area is 84.5 Å². The lowest BCUT2D eigenvalue weighted by atomic mass is 10.0. The van der Waals surface area contributed by atoms with Gasteiger partial charge in [0.15, 0.2) is 0 Å². The second-order valence-electron chi connectivity index (χ2n) is 3.53. The zero-order valence-electron chi connectivity index (χ0n) is 8.46. The predicted octanol–water partition coefficient (Wildman–Crippen LogP) is 2.86. The minimum atomic E-state index is 0.614. The summed E-state index contributed by atoms with van der Waals surface area (Å²) in [6.07, 6.45) is 1.09. The SMILES string of the molecule is CCc1ccc2c(CN)cccc2c1. The minimum absolute atomic E-state index is 0.614. The van der Waals surface area contributed by atoms with Crippen molar-refractivity contribution in [1.82, 2.24) is 0 Å². The molecule has 1 heteroatoms. The molecule has 0 spiro atoms. The van der Waals surface area contributed by atoms with Crippen LogP contribution < -0.4 is 5.73 Å². The number of rotatable bonds is 2. The monoisotopic (exact) mass is 185 g/mol. The van der Waals surface area contributed by atoms with E-state index in [1.54, 1.807) is 0 Å². The first kappa shape index (κ1) is 9.22. The van der Waals surface area contributed by atoms with Crippen molar-refractivity contribution in [2.45, 2.75) is 19.9 Å². The number of benzene rings is 2. The van der Waals surface area contributed by atoms with Gasteiger partial charge in [0.05, 0.1) is 0 Å². The molecule has 2 aromatic rings. The molecule has 0 unspecified atom stereocenters. The maximum atomic E-state index is 5.69. The van der Waals surface area contributed by atoms with E-state index < -0.39 is 0 Å². The second-order valence-corrected chi connectivity index (χ2v) is 3.53. The first-order valence-electron chi connectivity index (χ1n) is 5.05. The van der Waals surface area contributed by atoms with E-state index in [9.17, 15) is 0 Å². The van der Waals surface area contributed by atoms with Crippen molar-refractivity contribution in [3.8, 4) is 0 Å². The molecule has 0 amide bonds. The molecule has 0 heterocycles. The highest BCUT2D eigenvalue weighted by atomic mass is 14.5. The van der Waals surface area contributed by atoms with Gasteiger partial charge in [-0.25, -0.2) is 0 Å². The Hall–Kier alpha value is -1.34. The largest absolute Gasteiger partial charge is 0.326 e. The lowest BCUT2D eigenvalue weighted by molar-refractivity contribution is 1.08. The van der Waals surface area contributed by atoms with Crippen LogP contribution in [0.25, 0.3) is 10.8 Å². The molecule has 2 rings (SSSR count). The van der Waals surface area contributed by atoms with Crippen LogP contribution in [0.1, 0.15) is 18.1 Å². The fourth-order valence-electron chi connectivity index (χ4n) is 1.80. The smallest absolute Gasteiger partial charge is 0.0184 e. The van der Waals surface area contributed by atoms with E-state index in [1.165, 1.54) is 21.9 Å². The Balaban J connectivity index is 2.67. The molecule has 14 heavy (non-hydrogen) atoms. The first-order chi connectivity index (χ1) is 6.85. The van der Waals surface area contributed by atoms with Gasteiger partial charge in [-0.1, -0.05) is 43.3 Å². The summed E-state index contributed by atoms with van der Waals surface area (Å²) in [6, 6.07) is 12.9. The molecular formula is C13H15N. The molecule has 0 fully saturated rings. The number of nitrogens with two attached hydrogens (primary N) is 1. The van der Waals surface area contributed by atoms with Gasteiger partial charge in [-0.2, -0.15) is 0 Å². The van der Waals surface area contributed by atoms with Crippen molar-refractivity contribution < 1.29 is 0 Å². The van der Waals surface area contributed by atoms with Crippen LogP contribution in [0.2, 0.25) is 0 Å². The van der Waals surface area contributed by atoms with Crippen LogP contribution in [0, 0.1) is 0 Å². The highest BCUT2D eigenvalue weighted by Crippen LogP contribution is 2.20. The molecule has 0 aliphatic carbocycles. The molecule has 0 saturated carbocycles. The van der Waals surface area contributed by atoms with Crippen LogP contribution in [0.3, 0.4) is 0 Å². The summed E-state index contributed by atoms with van der Waals surface area (Å²) in [5.41, 5.74) is 8.29. The number of aryl methyl sites for hydroxylation is 1. The van der Waals surface area contributed by atoms with E-state index in [1.807, 2.05) is 0 Å². The summed E-state index contributed by atoms with van der Waals surface area (Å²) in [5, 5.41) is 2.58. The van der Waals surface area contributed by atoms with Gasteiger partial charge >= 0.3 is 0 Å². The van der Waals surface area contributed by atoms with Gasteiger partial charge in [0.25, 0.3) is 0 Å². The summed E-state index contributed by atoms with van der Waals surface area (Å²) in [7, 11) is 0. The van der Waals surface area contributed by atoms with Crippen LogP contribution in [0.5, 0.6) is 0 Å². The van der Waals surface area contributed by atoms with Crippen molar-refractivity contribution in [3.63, 3.8) is 0 Å². The van der Waals surface area contributed by atoms with Crippen LogP contribution in [0.15, 0.2) is 36.4 Å². The molecule has 1 nitrogen and oxygen atoms in total. The Morgan fingerprint density at radius 3 is 2.71 bits per heavy atom. The van der Waals surface area contributed by atoms with Crippen molar-refractivity contribution >= 4 is 10.8 Å². The molecule has 0 saturated heterocycles. The van der Waals surface area contributed by atoms with Crippen LogP contribution in [-0.4, -0.2) is 0 Å². The van der Waals surface area contributed by atoms with Crippen LogP contribution >= 0.6 is 0 Å². The van der Waals surface area contributed by atoms with Gasteiger partial charge in [-0.15, -0.1) is 0 Å². The lowest BCUT2D eigenvalue weighted by Crippen LogP contribution is -1.96. The van der Waals surface area contributed by atoms with Gasteiger partial charge in [0.1, 0.15) is 0 Å². The van der Waals surface area contributed by atoms with Gasteiger partial charge in [-0.05, 0) is 28.3 Å². The molecule has 0 atom stereocenters. The maximum Gasteiger partial charge on any atom is 0.0184 e. The first-order valence-corrected chi connectivity index (χ1v) is 5.05. The van der Waals surface area contributed by atoms with E-state index in [4.69, 9.17) is 5.73 Å². The van der Waals surface area contributed by atoms with Crippen LogP contribution in [0.4, 0.5) is 0 Å². The average molecular weight is 185 g/mol. The van der Waals surface area contributed by atoms with E-state index in [0.29, 0.717) is 6.54 Å². The molecule has 0 aromatic heterocycles. The summed E-state index contributed by atoms with van der Waals surface area (Å²) in [6.45, 7) is 2.79. The maximum absolute atomic E-state index is 5.69. The highest BCUT2D eigenvalue weighted by molar-refractivity contribution is 5.86. The van der Waals surface area contributed by atoms with E-state index >= 15 is 0 Å². The number of hydrogen-bond donors (Lipinski definition) is 1. The fourth-order valence-corrected chi connectivity index (χ4v) is 1.80. The molecule has 72 valence electrons. The van der Waals surface area contributed by atoms with E-state index in [-0.39, 0.29) is 0 Å². The molecule has 2 N–H and O–H groups in total. The molecule has 0 aliphatic heterocycles. The average Bonchev–Trinajstić information content (AvgIpc) is 2.27. The topological polar surface area (TPSA) is 26.0 Å². The van der Waals surface area contributed by atoms with Gasteiger partial charge in [0.2, 0.25) is 0 Å². The van der Waals surface area contributed by atoms with Crippen molar-refractivity contribution in [2.24, 2.45) is 5.73 Å². The van der Waals surface area contributed by atoms with Crippen molar-refractivity contribution in [3.05, 3.63) is 47.5 Å². The normalized spacial score (nSPS) is 10.7. The summed E-state index contributed by atoms with van der Waals surface area (Å²) >= 11 is 0. The number of fused-ring (bicyclic) bond motifs is 1. The van der Waals surface area contributed by atoms with Gasteiger partial charge < -0.3 is 5.73 Å². The Bertz CT molecular complexity index is 446. The zero-order valence-corrected chi connectivity index (χ0v) is 8.46. The minimum Gasteiger partial charge on any atom is -0.326 e. The van der Waals surface area contributed by atoms with Gasteiger partial charge in [0, 0.05) is 6.54 Å². The summed E-state index contributed by atoms with van der Waals surface area (Å²) in [5.74, 6) is 0. The third-order valence-corrected chi connectivity index (χ3v) is 2.66. The van der Waals surface area contributed by atoms with E-state index in [0.717, 1.165) is 6.42 Å². The van der Waals surface area contributed by atoms with Crippen molar-refractivity contribution in [1.29, 1.82) is 0 Å². The Kier molecular flexibility index (Phi) is 2.51. The van der Waals surface area contributed by atoms with Gasteiger partial charge in [-0.3, -0.25) is 0 Å². The molecule has 0 bridgehead atoms. The summed E-state index contributed by atoms with van der Waals surface area (Å²) in [4.78, 5) is 0. The summed E-state index contributed by atoms with van der Waals surface area (Å²) < 4.78 is 0. The van der Waals surface area contributed by atoms with Crippen molar-refractivity contribution in [2.75, 3.05) is 0 Å². The molecular weight excluding hydrogens is 170 g/mol.